The molecule has 1 aliphatic heterocycles. The zero-order valence-electron chi connectivity index (χ0n) is 9.29. The van der Waals surface area contributed by atoms with E-state index in [-0.39, 0.29) is 11.3 Å². The monoisotopic (exact) mass is 222 g/mol. The van der Waals surface area contributed by atoms with Crippen molar-refractivity contribution in [2.45, 2.75) is 19.8 Å². The number of Topliss-reactive ketones (excluding diaryl/α,β-unsaturated/α-hetero) is 1. The molecular weight excluding hydrogens is 207 g/mol. The number of carbonyl (C=O) groups excluding carboxylic acids is 1. The van der Waals surface area contributed by atoms with E-state index in [1.54, 1.807) is 0 Å². The average molecular weight is 222 g/mol. The maximum absolute atomic E-state index is 13.5. The molecule has 0 atom stereocenters. The Labute approximate surface area is 94.1 Å². The van der Waals surface area contributed by atoms with Crippen molar-refractivity contribution < 1.29 is 9.18 Å². The Bertz CT molecular complexity index is 400. The third-order valence-electron chi connectivity index (χ3n) is 3.27. The number of nitrogens with one attached hydrogen (secondary N) is 1. The Kier molecular flexibility index (Phi) is 3.01. The van der Waals surface area contributed by atoms with Gasteiger partial charge in [0.15, 0.2) is 11.6 Å². The molecule has 0 radical (unpaired) electrons. The van der Waals surface area contributed by atoms with E-state index in [1.807, 2.05) is 6.92 Å². The quantitative estimate of drug-likeness (QED) is 0.776. The number of pyridine rings is 1. The van der Waals surface area contributed by atoms with Gasteiger partial charge in [0.2, 0.25) is 0 Å². The zero-order valence-corrected chi connectivity index (χ0v) is 9.29. The molecule has 0 bridgehead atoms. The van der Waals surface area contributed by atoms with Crippen molar-refractivity contribution in [2.75, 3.05) is 13.1 Å². The van der Waals surface area contributed by atoms with Gasteiger partial charge in [-0.25, -0.2) is 4.39 Å². The van der Waals surface area contributed by atoms with E-state index in [0.29, 0.717) is 0 Å². The minimum Gasteiger partial charge on any atom is -0.317 e. The molecule has 0 spiro atoms. The van der Waals surface area contributed by atoms with E-state index in [4.69, 9.17) is 0 Å². The molecule has 1 aromatic heterocycles. The lowest BCUT2D eigenvalue weighted by molar-refractivity contribution is 0.0757. The van der Waals surface area contributed by atoms with E-state index in [9.17, 15) is 9.18 Å². The lowest BCUT2D eigenvalue weighted by Gasteiger charge is -2.32. The number of piperidine rings is 1. The molecule has 1 saturated heterocycles. The van der Waals surface area contributed by atoms with Crippen molar-refractivity contribution in [3.05, 3.63) is 29.8 Å². The van der Waals surface area contributed by atoms with Crippen LogP contribution >= 0.6 is 0 Å². The Hall–Kier alpha value is -1.29. The fourth-order valence-corrected chi connectivity index (χ4v) is 2.09. The molecule has 16 heavy (non-hydrogen) atoms. The fourth-order valence-electron chi connectivity index (χ4n) is 2.09. The first-order chi connectivity index (χ1) is 7.63. The highest BCUT2D eigenvalue weighted by atomic mass is 19.1. The molecule has 0 amide bonds. The van der Waals surface area contributed by atoms with E-state index < -0.39 is 11.2 Å². The van der Waals surface area contributed by atoms with Gasteiger partial charge in [-0.05, 0) is 32.0 Å². The number of carbonyl (C=O) groups is 1. The molecule has 1 aromatic rings. The van der Waals surface area contributed by atoms with Crippen LogP contribution in [0.15, 0.2) is 18.5 Å². The van der Waals surface area contributed by atoms with Gasteiger partial charge in [0.05, 0.1) is 11.8 Å². The summed E-state index contributed by atoms with van der Waals surface area (Å²) < 4.78 is 13.5. The normalized spacial score (nSPS) is 19.4. The molecule has 0 unspecified atom stereocenters. The summed E-state index contributed by atoms with van der Waals surface area (Å²) in [5, 5.41) is 3.20. The number of nitrogens with zero attached hydrogens (tertiary/aromatic N) is 1. The predicted molar refractivity (Wildman–Crippen MR) is 58.7 cm³/mol. The van der Waals surface area contributed by atoms with E-state index in [2.05, 4.69) is 10.3 Å². The zero-order chi connectivity index (χ0) is 11.6. The van der Waals surface area contributed by atoms with Crippen LogP contribution in [0.1, 0.15) is 30.1 Å². The second kappa shape index (κ2) is 4.29. The van der Waals surface area contributed by atoms with Crippen molar-refractivity contribution in [1.29, 1.82) is 0 Å². The SMILES string of the molecule is CC1(C(=O)c2ccncc2F)CCNCC1. The van der Waals surface area contributed by atoms with Gasteiger partial charge in [0, 0.05) is 11.6 Å². The Morgan fingerprint density at radius 1 is 1.50 bits per heavy atom. The van der Waals surface area contributed by atoms with Gasteiger partial charge in [-0.3, -0.25) is 9.78 Å². The second-order valence-corrected chi connectivity index (χ2v) is 4.50. The van der Waals surface area contributed by atoms with Gasteiger partial charge in [0.1, 0.15) is 0 Å². The van der Waals surface area contributed by atoms with Gasteiger partial charge in [0.25, 0.3) is 0 Å². The van der Waals surface area contributed by atoms with Crippen LogP contribution in [0, 0.1) is 11.2 Å². The Morgan fingerprint density at radius 3 is 2.81 bits per heavy atom. The molecule has 0 aromatic carbocycles. The van der Waals surface area contributed by atoms with Gasteiger partial charge < -0.3 is 5.32 Å². The summed E-state index contributed by atoms with van der Waals surface area (Å²) in [6, 6.07) is 1.46. The summed E-state index contributed by atoms with van der Waals surface area (Å²) in [5.41, 5.74) is -0.271. The largest absolute Gasteiger partial charge is 0.317 e. The Morgan fingerprint density at radius 2 is 2.19 bits per heavy atom. The maximum atomic E-state index is 13.5. The first-order valence-electron chi connectivity index (χ1n) is 5.48. The summed E-state index contributed by atoms with van der Waals surface area (Å²) in [4.78, 5) is 15.9. The third-order valence-corrected chi connectivity index (χ3v) is 3.27. The molecule has 1 fully saturated rings. The van der Waals surface area contributed by atoms with Gasteiger partial charge >= 0.3 is 0 Å². The smallest absolute Gasteiger partial charge is 0.171 e. The highest BCUT2D eigenvalue weighted by molar-refractivity contribution is 6.00. The van der Waals surface area contributed by atoms with Crippen LogP contribution in [0.3, 0.4) is 0 Å². The molecule has 2 heterocycles. The number of ketones is 1. The number of aromatic nitrogens is 1. The first kappa shape index (κ1) is 11.2. The standard InChI is InChI=1S/C12H15FN2O/c1-12(3-6-14-7-4-12)11(16)9-2-5-15-8-10(9)13/h2,5,8,14H,3-4,6-7H2,1H3. The summed E-state index contributed by atoms with van der Waals surface area (Å²) in [6.07, 6.45) is 4.07. The van der Waals surface area contributed by atoms with Crippen LogP contribution in [-0.2, 0) is 0 Å². The number of rotatable bonds is 2. The van der Waals surface area contributed by atoms with Crippen molar-refractivity contribution in [1.82, 2.24) is 10.3 Å². The van der Waals surface area contributed by atoms with Crippen LogP contribution in [-0.4, -0.2) is 23.9 Å². The van der Waals surface area contributed by atoms with E-state index in [0.717, 1.165) is 32.1 Å². The van der Waals surface area contributed by atoms with Crippen LogP contribution < -0.4 is 5.32 Å². The second-order valence-electron chi connectivity index (χ2n) is 4.50. The van der Waals surface area contributed by atoms with Crippen molar-refractivity contribution in [2.24, 2.45) is 5.41 Å². The number of hydrogen-bond acceptors (Lipinski definition) is 3. The summed E-state index contributed by atoms with van der Waals surface area (Å²) in [6.45, 7) is 3.54. The van der Waals surface area contributed by atoms with Gasteiger partial charge in [-0.15, -0.1) is 0 Å². The predicted octanol–water partition coefficient (Wildman–Crippen LogP) is 1.79. The third kappa shape index (κ3) is 1.97. The molecule has 1 aliphatic rings. The molecule has 3 nitrogen and oxygen atoms in total. The minimum atomic E-state index is -0.521. The van der Waals surface area contributed by atoms with Crippen LogP contribution in [0.4, 0.5) is 4.39 Å². The molecule has 1 N–H and O–H groups in total. The maximum Gasteiger partial charge on any atom is 0.171 e. The lowest BCUT2D eigenvalue weighted by atomic mass is 9.75. The fraction of sp³-hybridized carbons (Fsp3) is 0.500. The first-order valence-corrected chi connectivity index (χ1v) is 5.48. The van der Waals surface area contributed by atoms with E-state index >= 15 is 0 Å². The van der Waals surface area contributed by atoms with Crippen molar-refractivity contribution in [3.8, 4) is 0 Å². The molecule has 2 rings (SSSR count). The minimum absolute atomic E-state index is 0.103. The van der Waals surface area contributed by atoms with Crippen molar-refractivity contribution >= 4 is 5.78 Å². The Balaban J connectivity index is 2.28. The molecular formula is C12H15FN2O. The molecule has 86 valence electrons. The number of hydrogen-bond donors (Lipinski definition) is 1. The summed E-state index contributed by atoms with van der Waals surface area (Å²) in [7, 11) is 0. The number of halogens is 1. The van der Waals surface area contributed by atoms with Gasteiger partial charge in [-0.1, -0.05) is 6.92 Å². The van der Waals surface area contributed by atoms with Crippen LogP contribution in [0.25, 0.3) is 0 Å². The average Bonchev–Trinajstić information content (AvgIpc) is 2.30. The van der Waals surface area contributed by atoms with Gasteiger partial charge in [-0.2, -0.15) is 0 Å². The summed E-state index contributed by atoms with van der Waals surface area (Å²) >= 11 is 0. The van der Waals surface area contributed by atoms with Crippen molar-refractivity contribution in [3.63, 3.8) is 0 Å². The van der Waals surface area contributed by atoms with Crippen LogP contribution in [0.5, 0.6) is 0 Å². The molecule has 0 saturated carbocycles. The van der Waals surface area contributed by atoms with Crippen LogP contribution in [0.2, 0.25) is 0 Å². The molecule has 0 aliphatic carbocycles. The topological polar surface area (TPSA) is 42.0 Å². The highest BCUT2D eigenvalue weighted by Gasteiger charge is 2.36. The van der Waals surface area contributed by atoms with E-state index in [1.165, 1.54) is 12.3 Å². The molecule has 4 heteroatoms. The highest BCUT2D eigenvalue weighted by Crippen LogP contribution is 2.32. The lowest BCUT2D eigenvalue weighted by Crippen LogP contribution is -2.40. The summed E-state index contributed by atoms with van der Waals surface area (Å²) in [5.74, 6) is -0.624.